The van der Waals surface area contributed by atoms with E-state index in [-0.39, 0.29) is 18.5 Å². The number of ether oxygens (including phenoxy) is 1. The Bertz CT molecular complexity index is 904. The average Bonchev–Trinajstić information content (AvgIpc) is 3.16. The molecule has 0 saturated heterocycles. The van der Waals surface area contributed by atoms with Crippen LogP contribution in [0.4, 0.5) is 0 Å². The van der Waals surface area contributed by atoms with E-state index >= 15 is 0 Å². The topological polar surface area (TPSA) is 68.5 Å². The second kappa shape index (κ2) is 8.69. The van der Waals surface area contributed by atoms with Crippen molar-refractivity contribution in [1.29, 1.82) is 0 Å². The lowest BCUT2D eigenvalue weighted by atomic mass is 10.2. The zero-order valence-corrected chi connectivity index (χ0v) is 16.6. The van der Waals surface area contributed by atoms with Gasteiger partial charge in [-0.25, -0.2) is 0 Å². The fourth-order valence-corrected chi connectivity index (χ4v) is 2.79. The number of rotatable bonds is 7. The van der Waals surface area contributed by atoms with Crippen molar-refractivity contribution in [2.24, 2.45) is 0 Å². The number of hydrogen-bond acceptors (Lipinski definition) is 5. The molecular weight excluding hydrogens is 354 g/mol. The third-order valence-corrected chi connectivity index (χ3v) is 4.39. The van der Waals surface area contributed by atoms with Crippen molar-refractivity contribution < 1.29 is 14.1 Å². The van der Waals surface area contributed by atoms with Gasteiger partial charge in [0.1, 0.15) is 12.3 Å². The molecule has 0 radical (unpaired) electrons. The van der Waals surface area contributed by atoms with Crippen molar-refractivity contribution in [3.8, 4) is 17.1 Å². The molecule has 28 heavy (non-hydrogen) atoms. The molecule has 0 N–H and O–H groups in total. The van der Waals surface area contributed by atoms with Gasteiger partial charge < -0.3 is 14.2 Å². The molecule has 1 amide bonds. The number of nitrogens with zero attached hydrogens (tertiary/aromatic N) is 3. The Morgan fingerprint density at radius 2 is 1.75 bits per heavy atom. The summed E-state index contributed by atoms with van der Waals surface area (Å²) in [4.78, 5) is 19.1. The zero-order valence-electron chi connectivity index (χ0n) is 16.6. The van der Waals surface area contributed by atoms with Crippen molar-refractivity contribution in [1.82, 2.24) is 15.0 Å². The quantitative estimate of drug-likeness (QED) is 0.614. The summed E-state index contributed by atoms with van der Waals surface area (Å²) in [5.74, 6) is 1.44. The summed E-state index contributed by atoms with van der Waals surface area (Å²) in [6.45, 7) is 7.89. The van der Waals surface area contributed by atoms with Crippen LogP contribution in [-0.4, -0.2) is 33.1 Å². The smallest absolute Gasteiger partial charge is 0.264 e. The summed E-state index contributed by atoms with van der Waals surface area (Å²) >= 11 is 0. The van der Waals surface area contributed by atoms with Crippen LogP contribution in [-0.2, 0) is 11.3 Å². The first kappa shape index (κ1) is 19.6. The number of carbonyl (C=O) groups is 1. The molecular formula is C22H25N3O3. The second-order valence-electron chi connectivity index (χ2n) is 7.01. The van der Waals surface area contributed by atoms with Crippen LogP contribution < -0.4 is 4.74 Å². The van der Waals surface area contributed by atoms with Crippen molar-refractivity contribution in [3.63, 3.8) is 0 Å². The maximum Gasteiger partial charge on any atom is 0.264 e. The predicted molar refractivity (Wildman–Crippen MR) is 107 cm³/mol. The van der Waals surface area contributed by atoms with E-state index < -0.39 is 6.10 Å². The minimum Gasteiger partial charge on any atom is -0.481 e. The van der Waals surface area contributed by atoms with Crippen molar-refractivity contribution in [2.45, 2.75) is 46.4 Å². The van der Waals surface area contributed by atoms with E-state index in [9.17, 15) is 4.79 Å². The molecule has 0 aliphatic rings. The van der Waals surface area contributed by atoms with Crippen LogP contribution in [0.15, 0.2) is 59.1 Å². The molecule has 3 rings (SSSR count). The summed E-state index contributed by atoms with van der Waals surface area (Å²) in [7, 11) is 0. The summed E-state index contributed by atoms with van der Waals surface area (Å²) in [6.07, 6.45) is -0.623. The van der Waals surface area contributed by atoms with Crippen LogP contribution >= 0.6 is 0 Å². The highest BCUT2D eigenvalue weighted by Crippen LogP contribution is 2.18. The van der Waals surface area contributed by atoms with Crippen LogP contribution in [0.2, 0.25) is 0 Å². The third kappa shape index (κ3) is 4.76. The monoisotopic (exact) mass is 379 g/mol. The highest BCUT2D eigenvalue weighted by atomic mass is 16.5. The summed E-state index contributed by atoms with van der Waals surface area (Å²) in [6, 6.07) is 17.2. The van der Waals surface area contributed by atoms with Crippen molar-refractivity contribution in [2.75, 3.05) is 0 Å². The second-order valence-corrected chi connectivity index (χ2v) is 7.01. The molecule has 0 bridgehead atoms. The first-order valence-corrected chi connectivity index (χ1v) is 9.36. The highest BCUT2D eigenvalue weighted by Gasteiger charge is 2.26. The number of benzene rings is 2. The number of aryl methyl sites for hydroxylation is 1. The van der Waals surface area contributed by atoms with Crippen LogP contribution in [0.25, 0.3) is 11.4 Å². The maximum absolute atomic E-state index is 12.9. The van der Waals surface area contributed by atoms with E-state index in [1.807, 2.05) is 75.4 Å². The Morgan fingerprint density at radius 1 is 1.07 bits per heavy atom. The number of amides is 1. The van der Waals surface area contributed by atoms with Gasteiger partial charge in [0.25, 0.3) is 5.91 Å². The summed E-state index contributed by atoms with van der Waals surface area (Å²) < 4.78 is 11.2. The van der Waals surface area contributed by atoms with Gasteiger partial charge in [0.15, 0.2) is 6.10 Å². The molecule has 0 fully saturated rings. The zero-order chi connectivity index (χ0) is 20.1. The van der Waals surface area contributed by atoms with E-state index in [1.165, 1.54) is 0 Å². The largest absolute Gasteiger partial charge is 0.481 e. The summed E-state index contributed by atoms with van der Waals surface area (Å²) in [5.41, 5.74) is 2.01. The fraction of sp³-hybridized carbons (Fsp3) is 0.318. The molecule has 6 nitrogen and oxygen atoms in total. The molecule has 1 heterocycles. The van der Waals surface area contributed by atoms with Crippen LogP contribution in [0.5, 0.6) is 5.75 Å². The molecule has 3 aromatic rings. The number of hydrogen-bond donors (Lipinski definition) is 0. The van der Waals surface area contributed by atoms with Crippen LogP contribution in [0, 0.1) is 6.92 Å². The Hall–Kier alpha value is -3.15. The Morgan fingerprint density at radius 3 is 2.39 bits per heavy atom. The van der Waals surface area contributed by atoms with Crippen molar-refractivity contribution >= 4 is 5.91 Å². The Labute approximate surface area is 165 Å². The molecule has 0 aliphatic carbocycles. The van der Waals surface area contributed by atoms with E-state index in [0.29, 0.717) is 17.5 Å². The van der Waals surface area contributed by atoms with Gasteiger partial charge in [-0.15, -0.1) is 0 Å². The molecule has 0 saturated carbocycles. The molecule has 0 aliphatic heterocycles. The Balaban J connectivity index is 1.70. The average molecular weight is 379 g/mol. The molecule has 0 unspecified atom stereocenters. The van der Waals surface area contributed by atoms with E-state index in [1.54, 1.807) is 11.8 Å². The molecule has 6 heteroatoms. The fourth-order valence-electron chi connectivity index (χ4n) is 2.79. The first-order valence-electron chi connectivity index (χ1n) is 9.36. The van der Waals surface area contributed by atoms with Gasteiger partial charge >= 0.3 is 0 Å². The lowest BCUT2D eigenvalue weighted by Crippen LogP contribution is -2.43. The van der Waals surface area contributed by atoms with E-state index in [4.69, 9.17) is 9.26 Å². The van der Waals surface area contributed by atoms with E-state index in [2.05, 4.69) is 10.1 Å². The van der Waals surface area contributed by atoms with Gasteiger partial charge in [0, 0.05) is 11.6 Å². The minimum absolute atomic E-state index is 0.0383. The summed E-state index contributed by atoms with van der Waals surface area (Å²) in [5, 5.41) is 4.02. The molecule has 0 spiro atoms. The highest BCUT2D eigenvalue weighted by molar-refractivity contribution is 5.81. The van der Waals surface area contributed by atoms with Crippen LogP contribution in [0.1, 0.15) is 32.2 Å². The van der Waals surface area contributed by atoms with Gasteiger partial charge in [-0.05, 0) is 39.8 Å². The lowest BCUT2D eigenvalue weighted by Gasteiger charge is -2.28. The normalized spacial score (nSPS) is 12.0. The van der Waals surface area contributed by atoms with Gasteiger partial charge in [-0.2, -0.15) is 4.98 Å². The molecule has 2 aromatic carbocycles. The minimum atomic E-state index is -0.623. The predicted octanol–water partition coefficient (Wildman–Crippen LogP) is 4.25. The molecule has 146 valence electrons. The van der Waals surface area contributed by atoms with E-state index in [0.717, 1.165) is 11.1 Å². The standard InChI is InChI=1S/C22H25N3O3/c1-15(2)25(22(26)17(4)27-19-12-10-16(3)11-13-19)14-20-23-21(24-28-20)18-8-6-5-7-9-18/h5-13,15,17H,14H2,1-4H3/t17-/m0/s1. The lowest BCUT2D eigenvalue weighted by molar-refractivity contribution is -0.140. The number of aromatic nitrogens is 2. The third-order valence-electron chi connectivity index (χ3n) is 4.39. The molecule has 1 aromatic heterocycles. The van der Waals surface area contributed by atoms with Crippen molar-refractivity contribution in [3.05, 3.63) is 66.1 Å². The van der Waals surface area contributed by atoms with Gasteiger partial charge in [0.05, 0.1) is 0 Å². The van der Waals surface area contributed by atoms with Crippen LogP contribution in [0.3, 0.4) is 0 Å². The maximum atomic E-state index is 12.9. The van der Waals surface area contributed by atoms with Gasteiger partial charge in [0.2, 0.25) is 11.7 Å². The SMILES string of the molecule is Cc1ccc(O[C@@H](C)C(=O)N(Cc2nc(-c3ccccc3)no2)C(C)C)cc1. The molecule has 1 atom stereocenters. The van der Waals surface area contributed by atoms with Gasteiger partial charge in [-0.3, -0.25) is 4.79 Å². The first-order chi connectivity index (χ1) is 13.4. The number of carbonyl (C=O) groups excluding carboxylic acids is 1. The van der Waals surface area contributed by atoms with Gasteiger partial charge in [-0.1, -0.05) is 53.2 Å². The Kier molecular flexibility index (Phi) is 6.09.